The number of nitrogens with one attached hydrogen (secondary N) is 1. The highest BCUT2D eigenvalue weighted by Crippen LogP contribution is 2.01. The lowest BCUT2D eigenvalue weighted by atomic mass is 9.79. The van der Waals surface area contributed by atoms with Crippen molar-refractivity contribution in [1.29, 1.82) is 0 Å². The van der Waals surface area contributed by atoms with E-state index in [9.17, 15) is 4.79 Å². The summed E-state index contributed by atoms with van der Waals surface area (Å²) in [4.78, 5) is 10.2. The molecule has 5 heteroatoms. The molecule has 3 N–H and O–H groups in total. The number of hydrogen-bond acceptors (Lipinski definition) is 3. The van der Waals surface area contributed by atoms with Crippen molar-refractivity contribution >= 4 is 19.0 Å². The van der Waals surface area contributed by atoms with Gasteiger partial charge in [-0.05, 0) is 24.4 Å². The molecule has 4 nitrogen and oxygen atoms in total. The average Bonchev–Trinajstić information content (AvgIpc) is 2.18. The van der Waals surface area contributed by atoms with E-state index in [1.807, 2.05) is 13.0 Å². The van der Waals surface area contributed by atoms with E-state index in [1.165, 1.54) is 0 Å². The first-order valence-electron chi connectivity index (χ1n) is 4.78. The monoisotopic (exact) mass is 207 g/mol. The van der Waals surface area contributed by atoms with Gasteiger partial charge in [-0.25, -0.2) is 0 Å². The number of rotatable bonds is 5. The Balaban J connectivity index is 2.69. The van der Waals surface area contributed by atoms with E-state index in [0.29, 0.717) is 18.3 Å². The molecule has 0 spiro atoms. The second-order valence-corrected chi connectivity index (χ2v) is 3.51. The minimum Gasteiger partial charge on any atom is -0.423 e. The van der Waals surface area contributed by atoms with Gasteiger partial charge in [-0.3, -0.25) is 4.79 Å². The van der Waals surface area contributed by atoms with Crippen molar-refractivity contribution in [2.75, 3.05) is 0 Å². The SMILES string of the molecule is CC(Cc1cccc(B(O)O)c1)NC=O. The van der Waals surface area contributed by atoms with Gasteiger partial charge in [-0.15, -0.1) is 0 Å². The fraction of sp³-hybridized carbons (Fsp3) is 0.300. The van der Waals surface area contributed by atoms with Gasteiger partial charge in [0.2, 0.25) is 6.41 Å². The number of hydrogen-bond donors (Lipinski definition) is 3. The topological polar surface area (TPSA) is 69.6 Å². The number of carbonyl (C=O) groups excluding carboxylic acids is 1. The van der Waals surface area contributed by atoms with Gasteiger partial charge in [0.15, 0.2) is 0 Å². The average molecular weight is 207 g/mol. The molecule has 1 atom stereocenters. The summed E-state index contributed by atoms with van der Waals surface area (Å²) in [6, 6.07) is 7.04. The van der Waals surface area contributed by atoms with Crippen LogP contribution in [0.15, 0.2) is 24.3 Å². The number of amides is 1. The van der Waals surface area contributed by atoms with E-state index < -0.39 is 7.12 Å². The maximum absolute atomic E-state index is 10.2. The zero-order chi connectivity index (χ0) is 11.3. The molecule has 0 fully saturated rings. The second kappa shape index (κ2) is 5.53. The summed E-state index contributed by atoms with van der Waals surface area (Å²) in [6.07, 6.45) is 1.33. The summed E-state index contributed by atoms with van der Waals surface area (Å²) >= 11 is 0. The van der Waals surface area contributed by atoms with Gasteiger partial charge in [0, 0.05) is 6.04 Å². The van der Waals surface area contributed by atoms with Gasteiger partial charge in [0.1, 0.15) is 0 Å². The molecule has 80 valence electrons. The van der Waals surface area contributed by atoms with Crippen LogP contribution >= 0.6 is 0 Å². The smallest absolute Gasteiger partial charge is 0.423 e. The lowest BCUT2D eigenvalue weighted by Gasteiger charge is -2.10. The Bertz CT molecular complexity index is 330. The molecular weight excluding hydrogens is 193 g/mol. The van der Waals surface area contributed by atoms with E-state index in [-0.39, 0.29) is 6.04 Å². The minimum absolute atomic E-state index is 0.0357. The van der Waals surface area contributed by atoms with Gasteiger partial charge in [-0.1, -0.05) is 24.3 Å². The van der Waals surface area contributed by atoms with Crippen LogP contribution in [0.2, 0.25) is 0 Å². The maximum atomic E-state index is 10.2. The molecule has 0 aromatic heterocycles. The van der Waals surface area contributed by atoms with Crippen LogP contribution in [0.5, 0.6) is 0 Å². The lowest BCUT2D eigenvalue weighted by molar-refractivity contribution is -0.110. The minimum atomic E-state index is -1.45. The molecule has 1 aromatic rings. The van der Waals surface area contributed by atoms with E-state index in [1.54, 1.807) is 18.2 Å². The van der Waals surface area contributed by atoms with Crippen LogP contribution in [0, 0.1) is 0 Å². The zero-order valence-corrected chi connectivity index (χ0v) is 8.55. The molecule has 1 rings (SSSR count). The quantitative estimate of drug-likeness (QED) is 0.430. The first kappa shape index (κ1) is 11.7. The molecule has 1 unspecified atom stereocenters. The van der Waals surface area contributed by atoms with E-state index in [4.69, 9.17) is 10.0 Å². The first-order valence-corrected chi connectivity index (χ1v) is 4.78. The van der Waals surface area contributed by atoms with E-state index in [0.717, 1.165) is 5.56 Å². The molecule has 0 saturated carbocycles. The summed E-state index contributed by atoms with van der Waals surface area (Å²) in [6.45, 7) is 1.89. The van der Waals surface area contributed by atoms with E-state index in [2.05, 4.69) is 5.32 Å². The maximum Gasteiger partial charge on any atom is 0.488 e. The van der Waals surface area contributed by atoms with Crippen molar-refractivity contribution < 1.29 is 14.8 Å². The molecule has 0 aliphatic rings. The van der Waals surface area contributed by atoms with Crippen molar-refractivity contribution in [3.8, 4) is 0 Å². The van der Waals surface area contributed by atoms with Gasteiger partial charge < -0.3 is 15.4 Å². The highest BCUT2D eigenvalue weighted by molar-refractivity contribution is 6.58. The van der Waals surface area contributed by atoms with Crippen molar-refractivity contribution in [2.45, 2.75) is 19.4 Å². The zero-order valence-electron chi connectivity index (χ0n) is 8.55. The molecule has 0 bridgehead atoms. The van der Waals surface area contributed by atoms with E-state index >= 15 is 0 Å². The fourth-order valence-corrected chi connectivity index (χ4v) is 1.41. The van der Waals surface area contributed by atoms with Gasteiger partial charge in [0.05, 0.1) is 0 Å². The molecule has 0 radical (unpaired) electrons. The van der Waals surface area contributed by atoms with Crippen LogP contribution < -0.4 is 10.8 Å². The standard InChI is InChI=1S/C10H14BNO3/c1-8(12-7-13)5-9-3-2-4-10(6-9)11(14)15/h2-4,6-8,14-15H,5H2,1H3,(H,12,13). The van der Waals surface area contributed by atoms with Crippen molar-refractivity contribution in [1.82, 2.24) is 5.32 Å². The Hall–Kier alpha value is -1.33. The molecule has 0 saturated heterocycles. The predicted molar refractivity (Wildman–Crippen MR) is 58.6 cm³/mol. The molecule has 1 amide bonds. The highest BCUT2D eigenvalue weighted by Gasteiger charge is 2.11. The first-order chi connectivity index (χ1) is 7.13. The van der Waals surface area contributed by atoms with Crippen molar-refractivity contribution in [3.05, 3.63) is 29.8 Å². The Morgan fingerprint density at radius 3 is 2.87 bits per heavy atom. The molecule has 0 aliphatic heterocycles. The molecule has 0 heterocycles. The Morgan fingerprint density at radius 2 is 2.27 bits per heavy atom. The molecule has 0 aliphatic carbocycles. The van der Waals surface area contributed by atoms with Gasteiger partial charge >= 0.3 is 7.12 Å². The number of benzene rings is 1. The summed E-state index contributed by atoms with van der Waals surface area (Å²) in [7, 11) is -1.45. The van der Waals surface area contributed by atoms with Gasteiger partial charge in [-0.2, -0.15) is 0 Å². The fourth-order valence-electron chi connectivity index (χ4n) is 1.41. The molecule has 15 heavy (non-hydrogen) atoms. The lowest BCUT2D eigenvalue weighted by Crippen LogP contribution is -2.31. The predicted octanol–water partition coefficient (Wildman–Crippen LogP) is -0.957. The van der Waals surface area contributed by atoms with Crippen LogP contribution in [0.25, 0.3) is 0 Å². The summed E-state index contributed by atoms with van der Waals surface area (Å²) < 4.78 is 0. The Morgan fingerprint density at radius 1 is 1.53 bits per heavy atom. The molecular formula is C10H14BNO3. The Kier molecular flexibility index (Phi) is 4.33. The highest BCUT2D eigenvalue weighted by atomic mass is 16.4. The third-order valence-corrected chi connectivity index (χ3v) is 2.14. The summed E-state index contributed by atoms with van der Waals surface area (Å²) in [5.74, 6) is 0. The van der Waals surface area contributed by atoms with Crippen LogP contribution in [0.4, 0.5) is 0 Å². The summed E-state index contributed by atoms with van der Waals surface area (Å²) in [5, 5.41) is 20.6. The second-order valence-electron chi connectivity index (χ2n) is 3.51. The van der Waals surface area contributed by atoms with Crippen molar-refractivity contribution in [2.24, 2.45) is 0 Å². The third kappa shape index (κ3) is 3.73. The van der Waals surface area contributed by atoms with Crippen LogP contribution in [0.3, 0.4) is 0 Å². The molecule has 1 aromatic carbocycles. The largest absolute Gasteiger partial charge is 0.488 e. The van der Waals surface area contributed by atoms with Crippen LogP contribution in [0.1, 0.15) is 12.5 Å². The van der Waals surface area contributed by atoms with Crippen LogP contribution in [-0.4, -0.2) is 29.6 Å². The Labute approximate surface area is 89.1 Å². The third-order valence-electron chi connectivity index (χ3n) is 2.14. The van der Waals surface area contributed by atoms with Crippen molar-refractivity contribution in [3.63, 3.8) is 0 Å². The number of carbonyl (C=O) groups is 1. The normalized spacial score (nSPS) is 11.9. The van der Waals surface area contributed by atoms with Gasteiger partial charge in [0.25, 0.3) is 0 Å². The van der Waals surface area contributed by atoms with Crippen LogP contribution in [-0.2, 0) is 11.2 Å². The summed E-state index contributed by atoms with van der Waals surface area (Å²) in [5.41, 5.74) is 1.42.